The number of hydrogen-bond acceptors (Lipinski definition) is 3. The summed E-state index contributed by atoms with van der Waals surface area (Å²) in [6.07, 6.45) is 9.08. The molecule has 0 aliphatic heterocycles. The van der Waals surface area contributed by atoms with E-state index >= 15 is 0 Å². The van der Waals surface area contributed by atoms with Gasteiger partial charge in [-0.2, -0.15) is 0 Å². The Hall–Kier alpha value is -1.85. The number of rotatable bonds is 7. The van der Waals surface area contributed by atoms with Gasteiger partial charge in [-0.25, -0.2) is 9.78 Å². The Bertz CT molecular complexity index is 1050. The molecule has 6 heteroatoms. The first kappa shape index (κ1) is 19.1. The minimum Gasteiger partial charge on any atom is -0.322 e. The van der Waals surface area contributed by atoms with Crippen LogP contribution in [0.4, 0.5) is 0 Å². The maximum absolute atomic E-state index is 13.5. The second kappa shape index (κ2) is 6.85. The summed E-state index contributed by atoms with van der Waals surface area (Å²) in [6.45, 7) is 8.15. The molecule has 0 N–H and O–H groups in total. The lowest BCUT2D eigenvalue weighted by Gasteiger charge is -2.32. The first-order valence-electron chi connectivity index (χ1n) is 11.8. The third-order valence-corrected chi connectivity index (χ3v) is 7.89. The Balaban J connectivity index is 1.81. The minimum absolute atomic E-state index is 0.136. The first-order valence-corrected chi connectivity index (χ1v) is 11.8. The minimum atomic E-state index is -0.186. The SMILES string of the molecule is CCCn1c(=O)c2c(nc(C34CC5CC(CC3C5)C4)n2CCC)n(CCC)c1=O. The monoisotopic (exact) mass is 398 g/mol. The number of aryl methyl sites for hydroxylation is 2. The molecule has 2 atom stereocenters. The van der Waals surface area contributed by atoms with Gasteiger partial charge in [0, 0.05) is 25.0 Å². The molecule has 0 amide bonds. The standard InChI is InChI=1S/C23H34N4O2/c1-4-7-25-18-19(26(8-5-2)22(29)27(9-6-3)20(18)28)24-21(25)23-13-15-10-16(14-23)12-17(23)11-15/h15-17H,4-14H2,1-3H3. The molecule has 2 heterocycles. The van der Waals surface area contributed by atoms with Crippen LogP contribution in [0, 0.1) is 17.8 Å². The number of hydrogen-bond donors (Lipinski definition) is 0. The molecule has 4 aliphatic rings. The van der Waals surface area contributed by atoms with E-state index in [2.05, 4.69) is 18.4 Å². The second-order valence-electron chi connectivity index (χ2n) is 9.85. The Labute approximate surface area is 171 Å². The van der Waals surface area contributed by atoms with Crippen LogP contribution in [0.3, 0.4) is 0 Å². The van der Waals surface area contributed by atoms with Gasteiger partial charge >= 0.3 is 5.69 Å². The van der Waals surface area contributed by atoms with Crippen LogP contribution in [-0.2, 0) is 25.0 Å². The van der Waals surface area contributed by atoms with E-state index in [4.69, 9.17) is 4.98 Å². The Morgan fingerprint density at radius 2 is 1.45 bits per heavy atom. The van der Waals surface area contributed by atoms with Crippen LogP contribution < -0.4 is 11.2 Å². The topological polar surface area (TPSA) is 61.8 Å². The molecule has 2 aromatic rings. The van der Waals surface area contributed by atoms with E-state index in [0.717, 1.165) is 43.5 Å². The quantitative estimate of drug-likeness (QED) is 0.715. The highest BCUT2D eigenvalue weighted by Gasteiger charge is 2.60. The Kier molecular flexibility index (Phi) is 4.52. The van der Waals surface area contributed by atoms with E-state index in [0.29, 0.717) is 30.2 Å². The van der Waals surface area contributed by atoms with Gasteiger partial charge in [0.15, 0.2) is 11.2 Å². The zero-order chi connectivity index (χ0) is 20.3. The number of nitrogens with zero attached hydrogens (tertiary/aromatic N) is 4. The van der Waals surface area contributed by atoms with Gasteiger partial charge in [0.05, 0.1) is 0 Å². The lowest BCUT2D eigenvalue weighted by Crippen LogP contribution is -2.40. The third-order valence-electron chi connectivity index (χ3n) is 7.89. The molecule has 4 saturated carbocycles. The van der Waals surface area contributed by atoms with Crippen molar-refractivity contribution >= 4 is 11.2 Å². The van der Waals surface area contributed by atoms with E-state index in [1.54, 1.807) is 4.57 Å². The lowest BCUT2D eigenvalue weighted by atomic mass is 9.75. The third kappa shape index (κ3) is 2.56. The van der Waals surface area contributed by atoms with Crippen molar-refractivity contribution in [1.29, 1.82) is 0 Å². The molecule has 6 rings (SSSR count). The van der Waals surface area contributed by atoms with E-state index < -0.39 is 0 Å². The van der Waals surface area contributed by atoms with Gasteiger partial charge in [0.1, 0.15) is 5.82 Å². The molecule has 0 radical (unpaired) electrons. The van der Waals surface area contributed by atoms with E-state index in [1.165, 1.54) is 36.7 Å². The first-order chi connectivity index (χ1) is 14.0. The zero-order valence-electron chi connectivity index (χ0n) is 18.1. The predicted octanol–water partition coefficient (Wildman–Crippen LogP) is 3.67. The molecule has 0 spiro atoms. The van der Waals surface area contributed by atoms with Gasteiger partial charge in [0.2, 0.25) is 0 Å². The van der Waals surface area contributed by atoms with Gasteiger partial charge in [-0.1, -0.05) is 20.8 Å². The van der Waals surface area contributed by atoms with Crippen LogP contribution in [0.5, 0.6) is 0 Å². The van der Waals surface area contributed by atoms with Crippen LogP contribution in [0.1, 0.15) is 78.0 Å². The van der Waals surface area contributed by atoms with Crippen molar-refractivity contribution in [3.8, 4) is 0 Å². The molecule has 4 aliphatic carbocycles. The van der Waals surface area contributed by atoms with Crippen molar-refractivity contribution in [1.82, 2.24) is 18.7 Å². The van der Waals surface area contributed by atoms with Crippen molar-refractivity contribution < 1.29 is 0 Å². The molecule has 29 heavy (non-hydrogen) atoms. The van der Waals surface area contributed by atoms with Crippen LogP contribution in [-0.4, -0.2) is 18.7 Å². The van der Waals surface area contributed by atoms with E-state index in [-0.39, 0.29) is 16.7 Å². The van der Waals surface area contributed by atoms with Crippen molar-refractivity contribution in [3.05, 3.63) is 26.7 Å². The largest absolute Gasteiger partial charge is 0.332 e. The van der Waals surface area contributed by atoms with Crippen molar-refractivity contribution in [2.75, 3.05) is 0 Å². The molecule has 2 unspecified atom stereocenters. The number of aromatic nitrogens is 4. The summed E-state index contributed by atoms with van der Waals surface area (Å²) in [6, 6.07) is 0. The zero-order valence-corrected chi connectivity index (χ0v) is 18.1. The van der Waals surface area contributed by atoms with Gasteiger partial charge in [-0.05, 0) is 69.1 Å². The molecule has 0 saturated heterocycles. The predicted molar refractivity (Wildman–Crippen MR) is 114 cm³/mol. The average molecular weight is 399 g/mol. The maximum atomic E-state index is 13.5. The smallest absolute Gasteiger partial charge is 0.322 e. The molecular weight excluding hydrogens is 364 g/mol. The van der Waals surface area contributed by atoms with Crippen molar-refractivity contribution in [3.63, 3.8) is 0 Å². The fourth-order valence-corrected chi connectivity index (χ4v) is 7.12. The van der Waals surface area contributed by atoms with Crippen LogP contribution in [0.2, 0.25) is 0 Å². The van der Waals surface area contributed by atoms with Crippen LogP contribution in [0.25, 0.3) is 11.2 Å². The van der Waals surface area contributed by atoms with Gasteiger partial charge in [0.25, 0.3) is 5.56 Å². The summed E-state index contributed by atoms with van der Waals surface area (Å²) in [5, 5.41) is 0. The lowest BCUT2D eigenvalue weighted by molar-refractivity contribution is 0.258. The summed E-state index contributed by atoms with van der Waals surface area (Å²) >= 11 is 0. The van der Waals surface area contributed by atoms with E-state index in [9.17, 15) is 9.59 Å². The second-order valence-corrected chi connectivity index (χ2v) is 9.85. The van der Waals surface area contributed by atoms with Crippen molar-refractivity contribution in [2.24, 2.45) is 17.8 Å². The molecule has 0 aromatic carbocycles. The number of imidazole rings is 1. The molecule has 4 fully saturated rings. The summed E-state index contributed by atoms with van der Waals surface area (Å²) in [7, 11) is 0. The summed E-state index contributed by atoms with van der Waals surface area (Å²) < 4.78 is 5.46. The van der Waals surface area contributed by atoms with Crippen LogP contribution >= 0.6 is 0 Å². The summed E-state index contributed by atoms with van der Waals surface area (Å²) in [5.41, 5.74) is 1.12. The highest BCUT2D eigenvalue weighted by atomic mass is 16.2. The molecule has 6 nitrogen and oxygen atoms in total. The Morgan fingerprint density at radius 3 is 2.07 bits per heavy atom. The molecular formula is C23H34N4O2. The van der Waals surface area contributed by atoms with E-state index in [1.807, 2.05) is 6.92 Å². The summed E-state index contributed by atoms with van der Waals surface area (Å²) in [4.78, 5) is 31.8. The van der Waals surface area contributed by atoms with Gasteiger partial charge < -0.3 is 4.57 Å². The highest BCUT2D eigenvalue weighted by molar-refractivity contribution is 5.71. The fourth-order valence-electron chi connectivity index (χ4n) is 7.12. The Morgan fingerprint density at radius 1 is 0.862 bits per heavy atom. The normalized spacial score (nSPS) is 30.1. The van der Waals surface area contributed by atoms with Gasteiger partial charge in [-0.15, -0.1) is 0 Å². The maximum Gasteiger partial charge on any atom is 0.332 e. The highest BCUT2D eigenvalue weighted by Crippen LogP contribution is 2.65. The van der Waals surface area contributed by atoms with Gasteiger partial charge in [-0.3, -0.25) is 13.9 Å². The average Bonchev–Trinajstić information content (AvgIpc) is 3.27. The number of fused-ring (bicyclic) bond motifs is 1. The molecule has 2 aromatic heterocycles. The fraction of sp³-hybridized carbons (Fsp3) is 0.783. The summed E-state index contributed by atoms with van der Waals surface area (Å²) in [5.74, 6) is 3.50. The van der Waals surface area contributed by atoms with Crippen molar-refractivity contribution in [2.45, 2.75) is 97.2 Å². The molecule has 158 valence electrons. The van der Waals surface area contributed by atoms with Crippen LogP contribution in [0.15, 0.2) is 9.59 Å². The molecule has 4 bridgehead atoms.